The van der Waals surface area contributed by atoms with E-state index in [9.17, 15) is 14.4 Å². The predicted octanol–water partition coefficient (Wildman–Crippen LogP) is -0.0578. The van der Waals surface area contributed by atoms with Crippen LogP contribution in [0.1, 0.15) is 23.4 Å². The van der Waals surface area contributed by atoms with Crippen LogP contribution in [0.4, 0.5) is 4.79 Å². The smallest absolute Gasteiger partial charge is 0.411 e. The number of hydrogen-bond acceptors (Lipinski definition) is 6. The number of ether oxygens (including phenoxy) is 1. The summed E-state index contributed by atoms with van der Waals surface area (Å²) in [6.45, 7) is 2.05. The van der Waals surface area contributed by atoms with Crippen LogP contribution in [0.5, 0.6) is 0 Å². The fourth-order valence-corrected chi connectivity index (χ4v) is 4.03. The number of nitrogens with zero attached hydrogens (tertiary/aromatic N) is 4. The van der Waals surface area contributed by atoms with Crippen LogP contribution < -0.4 is 0 Å². The topological polar surface area (TPSA) is 96.2 Å². The molecule has 4 aliphatic rings. The lowest BCUT2D eigenvalue weighted by molar-refractivity contribution is -0.156. The monoisotopic (exact) mass is 346 g/mol. The molecule has 132 valence electrons. The lowest BCUT2D eigenvalue weighted by Gasteiger charge is -2.51. The first-order chi connectivity index (χ1) is 12.1. The highest BCUT2D eigenvalue weighted by Crippen LogP contribution is 2.42. The highest BCUT2D eigenvalue weighted by atomic mass is 16.6. The number of carbonyl (C=O) groups is 3. The number of carbonyl (C=O) groups excluding carboxylic acids is 3. The van der Waals surface area contributed by atoms with Crippen LogP contribution in [0.25, 0.3) is 0 Å². The molecule has 4 fully saturated rings. The summed E-state index contributed by atoms with van der Waals surface area (Å²) in [5.41, 5.74) is -0.692. The van der Waals surface area contributed by atoms with Gasteiger partial charge in [0, 0.05) is 25.6 Å². The van der Waals surface area contributed by atoms with Crippen molar-refractivity contribution < 1.29 is 23.5 Å². The van der Waals surface area contributed by atoms with E-state index >= 15 is 0 Å². The quantitative estimate of drug-likeness (QED) is 0.744. The Hall–Kier alpha value is -2.58. The molecular weight excluding hydrogens is 328 g/mol. The standard InChI is InChI=1S/C16H18N4O5/c21-13(10-1-2-10)19-7-16(8-19)12-6-18(3-4-20(12)15(23)25-16)14(22)11-5-17-9-24-11/h5,9-10,12H,1-4,6-8H2. The molecule has 9 heteroatoms. The first-order valence-electron chi connectivity index (χ1n) is 8.53. The van der Waals surface area contributed by atoms with Gasteiger partial charge >= 0.3 is 6.09 Å². The van der Waals surface area contributed by atoms with E-state index in [1.165, 1.54) is 12.6 Å². The molecule has 1 spiro atoms. The van der Waals surface area contributed by atoms with Gasteiger partial charge in [0.15, 0.2) is 12.0 Å². The van der Waals surface area contributed by atoms with E-state index in [0.29, 0.717) is 32.7 Å². The Morgan fingerprint density at radius 2 is 2.00 bits per heavy atom. The molecule has 25 heavy (non-hydrogen) atoms. The Morgan fingerprint density at radius 1 is 1.20 bits per heavy atom. The van der Waals surface area contributed by atoms with Gasteiger partial charge in [-0.15, -0.1) is 0 Å². The van der Waals surface area contributed by atoms with Gasteiger partial charge in [-0.2, -0.15) is 0 Å². The summed E-state index contributed by atoms with van der Waals surface area (Å²) in [4.78, 5) is 45.8. The predicted molar refractivity (Wildman–Crippen MR) is 81.4 cm³/mol. The lowest BCUT2D eigenvalue weighted by atomic mass is 9.84. The third-order valence-electron chi connectivity index (χ3n) is 5.60. The third kappa shape index (κ3) is 2.14. The first kappa shape index (κ1) is 14.7. The molecule has 1 unspecified atom stereocenters. The summed E-state index contributed by atoms with van der Waals surface area (Å²) >= 11 is 0. The lowest BCUT2D eigenvalue weighted by Crippen LogP contribution is -2.72. The zero-order chi connectivity index (χ0) is 17.2. The van der Waals surface area contributed by atoms with E-state index in [4.69, 9.17) is 9.15 Å². The van der Waals surface area contributed by atoms with Gasteiger partial charge in [0.25, 0.3) is 5.91 Å². The molecule has 1 saturated carbocycles. The Kier molecular flexibility index (Phi) is 2.93. The molecule has 3 amide bonds. The summed E-state index contributed by atoms with van der Waals surface area (Å²) in [6.07, 6.45) is 4.17. The van der Waals surface area contributed by atoms with E-state index in [1.807, 2.05) is 0 Å². The average Bonchev–Trinajstić information content (AvgIpc) is 3.21. The molecule has 3 saturated heterocycles. The van der Waals surface area contributed by atoms with E-state index in [1.54, 1.807) is 14.7 Å². The van der Waals surface area contributed by atoms with Crippen molar-refractivity contribution in [3.63, 3.8) is 0 Å². The molecule has 0 bridgehead atoms. The summed E-state index contributed by atoms with van der Waals surface area (Å²) in [7, 11) is 0. The SMILES string of the molecule is O=C(c1cnco1)N1CCN2C(=O)OC3(CN(C(=O)C4CC4)C3)C2C1. The molecule has 4 heterocycles. The molecule has 9 nitrogen and oxygen atoms in total. The van der Waals surface area contributed by atoms with Crippen molar-refractivity contribution in [3.05, 3.63) is 18.4 Å². The van der Waals surface area contributed by atoms with Gasteiger partial charge in [0.2, 0.25) is 11.7 Å². The highest BCUT2D eigenvalue weighted by molar-refractivity contribution is 5.91. The average molecular weight is 346 g/mol. The molecule has 1 aromatic heterocycles. The van der Waals surface area contributed by atoms with Crippen molar-refractivity contribution in [3.8, 4) is 0 Å². The second-order valence-corrected chi connectivity index (χ2v) is 7.23. The summed E-state index contributed by atoms with van der Waals surface area (Å²) in [5, 5.41) is 0. The molecule has 0 radical (unpaired) electrons. The fraction of sp³-hybridized carbons (Fsp3) is 0.625. The van der Waals surface area contributed by atoms with Crippen LogP contribution in [0.3, 0.4) is 0 Å². The van der Waals surface area contributed by atoms with E-state index < -0.39 is 5.60 Å². The molecular formula is C16H18N4O5. The van der Waals surface area contributed by atoms with Crippen LogP contribution in [-0.2, 0) is 9.53 Å². The van der Waals surface area contributed by atoms with Crippen LogP contribution in [0, 0.1) is 5.92 Å². The summed E-state index contributed by atoms with van der Waals surface area (Å²) in [6, 6.07) is -0.233. The number of amides is 3. The maximum atomic E-state index is 12.5. The molecule has 0 N–H and O–H groups in total. The van der Waals surface area contributed by atoms with Crippen molar-refractivity contribution in [1.82, 2.24) is 19.7 Å². The Balaban J connectivity index is 1.32. The minimum Gasteiger partial charge on any atom is -0.438 e. The zero-order valence-electron chi connectivity index (χ0n) is 13.6. The second-order valence-electron chi connectivity index (χ2n) is 7.23. The first-order valence-corrected chi connectivity index (χ1v) is 8.53. The zero-order valence-corrected chi connectivity index (χ0v) is 13.6. The van der Waals surface area contributed by atoms with Gasteiger partial charge in [-0.1, -0.05) is 0 Å². The van der Waals surface area contributed by atoms with Gasteiger partial charge in [0.05, 0.1) is 25.3 Å². The van der Waals surface area contributed by atoms with Gasteiger partial charge < -0.3 is 19.0 Å². The molecule has 3 aliphatic heterocycles. The van der Waals surface area contributed by atoms with Gasteiger partial charge in [-0.25, -0.2) is 9.78 Å². The van der Waals surface area contributed by atoms with Crippen molar-refractivity contribution in [1.29, 1.82) is 0 Å². The molecule has 1 aliphatic carbocycles. The number of hydrogen-bond donors (Lipinski definition) is 0. The second kappa shape index (κ2) is 4.96. The van der Waals surface area contributed by atoms with Gasteiger partial charge in [-0.05, 0) is 12.8 Å². The normalized spacial score (nSPS) is 27.1. The number of piperazine rings is 1. The third-order valence-corrected chi connectivity index (χ3v) is 5.60. The Labute approximate surface area is 143 Å². The minimum absolute atomic E-state index is 0.154. The van der Waals surface area contributed by atoms with Crippen LogP contribution in [0.2, 0.25) is 0 Å². The van der Waals surface area contributed by atoms with Crippen LogP contribution in [-0.4, -0.2) is 82.0 Å². The van der Waals surface area contributed by atoms with Crippen LogP contribution in [0.15, 0.2) is 17.0 Å². The number of rotatable bonds is 2. The number of likely N-dealkylation sites (tertiary alicyclic amines) is 1. The fourth-order valence-electron chi connectivity index (χ4n) is 4.03. The van der Waals surface area contributed by atoms with Crippen molar-refractivity contribution in [2.75, 3.05) is 32.7 Å². The maximum Gasteiger partial charge on any atom is 0.411 e. The summed E-state index contributed by atoms with van der Waals surface area (Å²) < 4.78 is 10.7. The van der Waals surface area contributed by atoms with Gasteiger partial charge in [-0.3, -0.25) is 14.5 Å². The Bertz CT molecular complexity index is 738. The number of oxazole rings is 1. The highest BCUT2D eigenvalue weighted by Gasteiger charge is 2.63. The van der Waals surface area contributed by atoms with E-state index in [0.717, 1.165) is 12.8 Å². The van der Waals surface area contributed by atoms with Crippen molar-refractivity contribution in [2.45, 2.75) is 24.5 Å². The number of aromatic nitrogens is 1. The van der Waals surface area contributed by atoms with Gasteiger partial charge in [0.1, 0.15) is 0 Å². The molecule has 1 atom stereocenters. The van der Waals surface area contributed by atoms with Crippen molar-refractivity contribution in [2.24, 2.45) is 5.92 Å². The maximum absolute atomic E-state index is 12.5. The Morgan fingerprint density at radius 3 is 2.68 bits per heavy atom. The largest absolute Gasteiger partial charge is 0.438 e. The van der Waals surface area contributed by atoms with Crippen molar-refractivity contribution >= 4 is 17.9 Å². The number of fused-ring (bicyclic) bond motifs is 2. The minimum atomic E-state index is -0.692. The molecule has 0 aromatic carbocycles. The van der Waals surface area contributed by atoms with E-state index in [-0.39, 0.29) is 35.6 Å². The van der Waals surface area contributed by atoms with Crippen LogP contribution >= 0.6 is 0 Å². The summed E-state index contributed by atoms with van der Waals surface area (Å²) in [5.74, 6) is 0.260. The van der Waals surface area contributed by atoms with E-state index in [2.05, 4.69) is 4.98 Å². The molecule has 1 aromatic rings. The molecule has 5 rings (SSSR count).